The molecule has 0 aliphatic carbocycles. The van der Waals surface area contributed by atoms with Crippen molar-refractivity contribution in [2.45, 2.75) is 25.9 Å². The van der Waals surface area contributed by atoms with Crippen LogP contribution in [0.1, 0.15) is 39.6 Å². The molecule has 0 spiro atoms. The van der Waals surface area contributed by atoms with Crippen LogP contribution in [-0.2, 0) is 20.9 Å². The van der Waals surface area contributed by atoms with Crippen molar-refractivity contribution in [2.24, 2.45) is 0 Å². The zero-order chi connectivity index (χ0) is 28.4. The number of nitrogens with zero attached hydrogens (tertiary/aromatic N) is 3. The van der Waals surface area contributed by atoms with Gasteiger partial charge in [-0.15, -0.1) is 0 Å². The minimum atomic E-state index is -1.15. The van der Waals surface area contributed by atoms with Crippen LogP contribution in [0.25, 0.3) is 0 Å². The van der Waals surface area contributed by atoms with E-state index in [1.165, 1.54) is 53.4 Å². The second kappa shape index (κ2) is 10.8. The molecule has 1 saturated heterocycles. The van der Waals surface area contributed by atoms with Crippen LogP contribution in [0.15, 0.2) is 66.7 Å². The van der Waals surface area contributed by atoms with Crippen molar-refractivity contribution in [1.29, 1.82) is 0 Å². The molecule has 0 aromatic heterocycles. The van der Waals surface area contributed by atoms with Gasteiger partial charge >= 0.3 is 5.97 Å². The standard InChI is InChI=1S/C28H23N3O9/c1-2-38-28(35)19-6-8-20(9-7-19)30-25(32)14-22(27(30)34)29(15-17-3-12-23-24(13-17)40-16-39-23)26(33)18-4-10-21(11-5-18)31(36)37/h3-13,22H,2,14-16H2,1H3. The largest absolute Gasteiger partial charge is 0.462 e. The Morgan fingerprint density at radius 2 is 1.68 bits per heavy atom. The Hall–Kier alpha value is -5.26. The lowest BCUT2D eigenvalue weighted by Gasteiger charge is -2.28. The highest BCUT2D eigenvalue weighted by Crippen LogP contribution is 2.34. The third-order valence-electron chi connectivity index (χ3n) is 6.51. The molecule has 3 aromatic carbocycles. The molecule has 0 radical (unpaired) electrons. The van der Waals surface area contributed by atoms with Crippen molar-refractivity contribution >= 4 is 35.1 Å². The Labute approximate surface area is 227 Å². The molecule has 2 heterocycles. The van der Waals surface area contributed by atoms with Crippen LogP contribution < -0.4 is 14.4 Å². The molecule has 12 heteroatoms. The van der Waals surface area contributed by atoms with Crippen LogP contribution in [-0.4, -0.2) is 53.0 Å². The molecule has 5 rings (SSSR count). The molecule has 1 atom stereocenters. The number of ether oxygens (including phenoxy) is 3. The summed E-state index contributed by atoms with van der Waals surface area (Å²) in [6, 6.07) is 14.8. The lowest BCUT2D eigenvalue weighted by Crippen LogP contribution is -2.45. The topological polar surface area (TPSA) is 146 Å². The summed E-state index contributed by atoms with van der Waals surface area (Å²) in [6.07, 6.45) is -0.276. The number of nitro groups is 1. The van der Waals surface area contributed by atoms with E-state index in [9.17, 15) is 29.3 Å². The summed E-state index contributed by atoms with van der Waals surface area (Å²) in [5.41, 5.74) is 1.06. The number of hydrogen-bond donors (Lipinski definition) is 0. The van der Waals surface area contributed by atoms with E-state index in [0.29, 0.717) is 17.1 Å². The zero-order valence-corrected chi connectivity index (χ0v) is 21.3. The molecule has 0 N–H and O–H groups in total. The fraction of sp³-hybridized carbons (Fsp3) is 0.214. The number of carbonyl (C=O) groups excluding carboxylic acids is 4. The van der Waals surface area contributed by atoms with Crippen molar-refractivity contribution in [2.75, 3.05) is 18.3 Å². The maximum atomic E-state index is 13.7. The number of rotatable bonds is 8. The van der Waals surface area contributed by atoms with Crippen molar-refractivity contribution in [1.82, 2.24) is 4.90 Å². The van der Waals surface area contributed by atoms with Crippen molar-refractivity contribution < 1.29 is 38.3 Å². The first kappa shape index (κ1) is 26.4. The summed E-state index contributed by atoms with van der Waals surface area (Å²) in [5, 5.41) is 11.1. The van der Waals surface area contributed by atoms with Gasteiger partial charge in [0.15, 0.2) is 11.5 Å². The number of non-ortho nitro benzene ring substituents is 1. The molecule has 2 aliphatic rings. The minimum Gasteiger partial charge on any atom is -0.462 e. The molecule has 3 aromatic rings. The highest BCUT2D eigenvalue weighted by molar-refractivity contribution is 6.23. The Balaban J connectivity index is 1.45. The van der Waals surface area contributed by atoms with E-state index in [1.54, 1.807) is 25.1 Å². The molecule has 1 unspecified atom stereocenters. The minimum absolute atomic E-state index is 0.0498. The third kappa shape index (κ3) is 5.06. The summed E-state index contributed by atoms with van der Waals surface area (Å²) in [7, 11) is 0. The maximum absolute atomic E-state index is 13.7. The fourth-order valence-corrected chi connectivity index (χ4v) is 4.54. The van der Waals surface area contributed by atoms with Gasteiger partial charge in [-0.25, -0.2) is 9.69 Å². The third-order valence-corrected chi connectivity index (χ3v) is 6.51. The Bertz CT molecular complexity index is 1500. The number of amides is 3. The van der Waals surface area contributed by atoms with Gasteiger partial charge in [-0.2, -0.15) is 0 Å². The van der Waals surface area contributed by atoms with Gasteiger partial charge in [0.1, 0.15) is 6.04 Å². The molecule has 204 valence electrons. The van der Waals surface area contributed by atoms with Crippen molar-refractivity contribution in [3.63, 3.8) is 0 Å². The Kier molecular flexibility index (Phi) is 7.15. The van der Waals surface area contributed by atoms with Gasteiger partial charge in [-0.05, 0) is 61.0 Å². The monoisotopic (exact) mass is 545 g/mol. The lowest BCUT2D eigenvalue weighted by atomic mass is 10.1. The van der Waals surface area contributed by atoms with E-state index < -0.39 is 34.7 Å². The first-order chi connectivity index (χ1) is 19.3. The molecule has 1 fully saturated rings. The number of imide groups is 1. The molecule has 0 bridgehead atoms. The van der Waals surface area contributed by atoms with Crippen LogP contribution in [0.5, 0.6) is 11.5 Å². The summed E-state index contributed by atoms with van der Waals surface area (Å²) >= 11 is 0. The quantitative estimate of drug-likeness (QED) is 0.180. The molecule has 3 amide bonds. The molecule has 2 aliphatic heterocycles. The van der Waals surface area contributed by atoms with Crippen molar-refractivity contribution in [3.05, 3.63) is 93.5 Å². The van der Waals surface area contributed by atoms with Crippen LogP contribution >= 0.6 is 0 Å². The van der Waals surface area contributed by atoms with Gasteiger partial charge in [0.05, 0.1) is 29.2 Å². The van der Waals surface area contributed by atoms with Crippen LogP contribution in [0.2, 0.25) is 0 Å². The predicted molar refractivity (Wildman–Crippen MR) is 139 cm³/mol. The highest BCUT2D eigenvalue weighted by Gasteiger charge is 2.44. The van der Waals surface area contributed by atoms with E-state index >= 15 is 0 Å². The number of benzene rings is 3. The highest BCUT2D eigenvalue weighted by atomic mass is 16.7. The van der Waals surface area contributed by atoms with E-state index in [-0.39, 0.29) is 48.9 Å². The first-order valence-electron chi connectivity index (χ1n) is 12.3. The van der Waals surface area contributed by atoms with Gasteiger partial charge in [0.2, 0.25) is 12.7 Å². The second-order valence-electron chi connectivity index (χ2n) is 8.98. The predicted octanol–water partition coefficient (Wildman–Crippen LogP) is 3.47. The Morgan fingerprint density at radius 3 is 2.35 bits per heavy atom. The van der Waals surface area contributed by atoms with Crippen LogP contribution in [0.4, 0.5) is 11.4 Å². The summed E-state index contributed by atoms with van der Waals surface area (Å²) in [5.74, 6) is -1.23. The van der Waals surface area contributed by atoms with Gasteiger partial charge in [-0.1, -0.05) is 6.07 Å². The normalized spacial score (nSPS) is 15.7. The number of esters is 1. The summed E-state index contributed by atoms with van der Waals surface area (Å²) in [6.45, 7) is 1.89. The first-order valence-corrected chi connectivity index (χ1v) is 12.3. The Morgan fingerprint density at radius 1 is 1.00 bits per heavy atom. The van der Waals surface area contributed by atoms with Gasteiger partial charge < -0.3 is 19.1 Å². The maximum Gasteiger partial charge on any atom is 0.338 e. The van der Waals surface area contributed by atoms with E-state index in [1.807, 2.05) is 0 Å². The number of hydrogen-bond acceptors (Lipinski definition) is 9. The number of anilines is 1. The van der Waals surface area contributed by atoms with Gasteiger partial charge in [-0.3, -0.25) is 24.5 Å². The number of nitro benzene ring substituents is 1. The molecule has 12 nitrogen and oxygen atoms in total. The van der Waals surface area contributed by atoms with E-state index in [2.05, 4.69) is 0 Å². The average molecular weight is 546 g/mol. The number of carbonyl (C=O) groups is 4. The van der Waals surface area contributed by atoms with Crippen molar-refractivity contribution in [3.8, 4) is 11.5 Å². The fourth-order valence-electron chi connectivity index (χ4n) is 4.54. The zero-order valence-electron chi connectivity index (χ0n) is 21.3. The summed E-state index contributed by atoms with van der Waals surface area (Å²) in [4.78, 5) is 65.1. The van der Waals surface area contributed by atoms with Crippen LogP contribution in [0.3, 0.4) is 0 Å². The summed E-state index contributed by atoms with van der Waals surface area (Å²) < 4.78 is 15.7. The second-order valence-corrected chi connectivity index (χ2v) is 8.98. The smallest absolute Gasteiger partial charge is 0.338 e. The lowest BCUT2D eigenvalue weighted by molar-refractivity contribution is -0.384. The van der Waals surface area contributed by atoms with E-state index in [0.717, 1.165) is 4.90 Å². The number of fused-ring (bicyclic) bond motifs is 1. The molecule has 0 saturated carbocycles. The molecular weight excluding hydrogens is 522 g/mol. The average Bonchev–Trinajstić information content (AvgIpc) is 3.54. The van der Waals surface area contributed by atoms with Gasteiger partial charge in [0.25, 0.3) is 17.5 Å². The van der Waals surface area contributed by atoms with E-state index in [4.69, 9.17) is 14.2 Å². The molecule has 40 heavy (non-hydrogen) atoms. The molecular formula is C28H23N3O9. The van der Waals surface area contributed by atoms with Gasteiger partial charge in [0, 0.05) is 24.2 Å². The van der Waals surface area contributed by atoms with Crippen LogP contribution in [0, 0.1) is 10.1 Å². The SMILES string of the molecule is CCOC(=O)c1ccc(N2C(=O)CC(N(Cc3ccc4c(c3)OCO4)C(=O)c3ccc([N+](=O)[O-])cc3)C2=O)cc1.